The first-order chi connectivity index (χ1) is 10.1. The lowest BCUT2D eigenvalue weighted by Gasteiger charge is -2.25. The standard InChI is InChI=1S/C20H27N/c1-15(2)17(4)14-21-20(18-11-6-5-7-12-18)19-13-9-8-10-16(19)3/h5-13,15,17,20-21H,14H2,1-4H3. The summed E-state index contributed by atoms with van der Waals surface area (Å²) in [5, 5.41) is 3.77. The summed E-state index contributed by atoms with van der Waals surface area (Å²) in [4.78, 5) is 0. The van der Waals surface area contributed by atoms with Gasteiger partial charge in [-0.25, -0.2) is 0 Å². The Labute approximate surface area is 129 Å². The SMILES string of the molecule is Cc1ccccc1C(NCC(C)C(C)C)c1ccccc1. The average Bonchev–Trinajstić information content (AvgIpc) is 2.50. The molecule has 2 atom stereocenters. The number of hydrogen-bond donors (Lipinski definition) is 1. The van der Waals surface area contributed by atoms with E-state index in [2.05, 4.69) is 87.6 Å². The fraction of sp³-hybridized carbons (Fsp3) is 0.400. The van der Waals surface area contributed by atoms with Gasteiger partial charge >= 0.3 is 0 Å². The van der Waals surface area contributed by atoms with Crippen molar-refractivity contribution in [2.24, 2.45) is 11.8 Å². The van der Waals surface area contributed by atoms with Crippen LogP contribution >= 0.6 is 0 Å². The molecule has 0 bridgehead atoms. The van der Waals surface area contributed by atoms with Gasteiger partial charge in [-0.05, 0) is 42.0 Å². The molecule has 2 aromatic carbocycles. The van der Waals surface area contributed by atoms with Crippen LogP contribution in [0.4, 0.5) is 0 Å². The molecule has 0 fully saturated rings. The third-order valence-corrected chi connectivity index (χ3v) is 4.41. The van der Waals surface area contributed by atoms with Crippen LogP contribution in [0.5, 0.6) is 0 Å². The van der Waals surface area contributed by atoms with Gasteiger partial charge in [0.1, 0.15) is 0 Å². The summed E-state index contributed by atoms with van der Waals surface area (Å²) in [5.41, 5.74) is 4.05. The minimum atomic E-state index is 0.272. The lowest BCUT2D eigenvalue weighted by molar-refractivity contribution is 0.381. The van der Waals surface area contributed by atoms with E-state index in [-0.39, 0.29) is 6.04 Å². The average molecular weight is 281 g/mol. The summed E-state index contributed by atoms with van der Waals surface area (Å²) >= 11 is 0. The van der Waals surface area contributed by atoms with Crippen LogP contribution in [0.3, 0.4) is 0 Å². The normalized spacial score (nSPS) is 14.1. The van der Waals surface area contributed by atoms with Gasteiger partial charge < -0.3 is 5.32 Å². The van der Waals surface area contributed by atoms with Crippen molar-refractivity contribution in [1.82, 2.24) is 5.32 Å². The molecule has 2 aromatic rings. The number of rotatable bonds is 6. The van der Waals surface area contributed by atoms with Crippen LogP contribution in [0.1, 0.15) is 43.5 Å². The molecule has 0 aliphatic rings. The molecule has 0 aliphatic heterocycles. The van der Waals surface area contributed by atoms with Crippen molar-refractivity contribution in [3.8, 4) is 0 Å². The predicted octanol–water partition coefficient (Wildman–Crippen LogP) is 4.97. The molecule has 0 amide bonds. The molecule has 0 radical (unpaired) electrons. The molecule has 0 spiro atoms. The maximum atomic E-state index is 3.77. The first-order valence-corrected chi connectivity index (χ1v) is 7.93. The second kappa shape index (κ2) is 7.42. The summed E-state index contributed by atoms with van der Waals surface area (Å²) in [6.45, 7) is 10.1. The Morgan fingerprint density at radius 3 is 2.10 bits per heavy atom. The predicted molar refractivity (Wildman–Crippen MR) is 91.5 cm³/mol. The fourth-order valence-electron chi connectivity index (χ4n) is 2.50. The topological polar surface area (TPSA) is 12.0 Å². The van der Waals surface area contributed by atoms with E-state index in [1.807, 2.05) is 0 Å². The molecular formula is C20H27N. The van der Waals surface area contributed by atoms with Crippen molar-refractivity contribution >= 4 is 0 Å². The maximum absolute atomic E-state index is 3.77. The van der Waals surface area contributed by atoms with E-state index in [4.69, 9.17) is 0 Å². The van der Waals surface area contributed by atoms with Crippen molar-refractivity contribution in [3.05, 3.63) is 71.3 Å². The Hall–Kier alpha value is -1.60. The highest BCUT2D eigenvalue weighted by Crippen LogP contribution is 2.25. The van der Waals surface area contributed by atoms with Gasteiger partial charge in [-0.3, -0.25) is 0 Å². The molecule has 1 N–H and O–H groups in total. The molecule has 2 rings (SSSR count). The summed E-state index contributed by atoms with van der Waals surface area (Å²) in [7, 11) is 0. The molecule has 0 heterocycles. The third-order valence-electron chi connectivity index (χ3n) is 4.41. The molecule has 112 valence electrons. The Morgan fingerprint density at radius 2 is 1.48 bits per heavy atom. The summed E-state index contributed by atoms with van der Waals surface area (Å²) in [6, 6.07) is 19.7. The zero-order valence-corrected chi connectivity index (χ0v) is 13.6. The van der Waals surface area contributed by atoms with E-state index in [1.165, 1.54) is 16.7 Å². The van der Waals surface area contributed by atoms with Crippen LogP contribution in [-0.2, 0) is 0 Å². The monoisotopic (exact) mass is 281 g/mol. The lowest BCUT2D eigenvalue weighted by atomic mass is 9.93. The van der Waals surface area contributed by atoms with Gasteiger partial charge in [0.15, 0.2) is 0 Å². The van der Waals surface area contributed by atoms with Gasteiger partial charge in [0.2, 0.25) is 0 Å². The molecule has 0 saturated heterocycles. The van der Waals surface area contributed by atoms with Crippen molar-refractivity contribution in [3.63, 3.8) is 0 Å². The van der Waals surface area contributed by atoms with Crippen molar-refractivity contribution in [2.75, 3.05) is 6.54 Å². The number of hydrogen-bond acceptors (Lipinski definition) is 1. The highest BCUT2D eigenvalue weighted by molar-refractivity contribution is 5.36. The molecule has 2 unspecified atom stereocenters. The summed E-state index contributed by atoms with van der Waals surface area (Å²) < 4.78 is 0. The zero-order valence-electron chi connectivity index (χ0n) is 13.6. The minimum absolute atomic E-state index is 0.272. The van der Waals surface area contributed by atoms with Crippen LogP contribution in [-0.4, -0.2) is 6.54 Å². The Balaban J connectivity index is 2.26. The molecule has 0 saturated carbocycles. The molecule has 0 aromatic heterocycles. The third kappa shape index (κ3) is 4.18. The molecule has 0 aliphatic carbocycles. The maximum Gasteiger partial charge on any atom is 0.0579 e. The quantitative estimate of drug-likeness (QED) is 0.788. The van der Waals surface area contributed by atoms with Crippen molar-refractivity contribution in [1.29, 1.82) is 0 Å². The Bertz CT molecular complexity index is 545. The highest BCUT2D eigenvalue weighted by Gasteiger charge is 2.17. The van der Waals surface area contributed by atoms with Gasteiger partial charge in [0, 0.05) is 0 Å². The zero-order chi connectivity index (χ0) is 15.2. The Kier molecular flexibility index (Phi) is 5.58. The van der Waals surface area contributed by atoms with E-state index in [0.29, 0.717) is 11.8 Å². The summed E-state index contributed by atoms with van der Waals surface area (Å²) in [6.07, 6.45) is 0. The molecule has 1 heteroatoms. The molecular weight excluding hydrogens is 254 g/mol. The van der Waals surface area contributed by atoms with Crippen LogP contribution in [0.25, 0.3) is 0 Å². The van der Waals surface area contributed by atoms with E-state index in [9.17, 15) is 0 Å². The van der Waals surface area contributed by atoms with Gasteiger partial charge in [0.25, 0.3) is 0 Å². The second-order valence-corrected chi connectivity index (χ2v) is 6.33. The van der Waals surface area contributed by atoms with Gasteiger partial charge in [-0.2, -0.15) is 0 Å². The molecule has 1 nitrogen and oxygen atoms in total. The lowest BCUT2D eigenvalue weighted by Crippen LogP contribution is -2.29. The van der Waals surface area contributed by atoms with Gasteiger partial charge in [-0.1, -0.05) is 75.4 Å². The first kappa shape index (κ1) is 15.8. The number of benzene rings is 2. The second-order valence-electron chi connectivity index (χ2n) is 6.33. The van der Waals surface area contributed by atoms with Crippen molar-refractivity contribution in [2.45, 2.75) is 33.7 Å². The smallest absolute Gasteiger partial charge is 0.0579 e. The molecule has 21 heavy (non-hydrogen) atoms. The first-order valence-electron chi connectivity index (χ1n) is 7.93. The van der Waals surface area contributed by atoms with Crippen LogP contribution < -0.4 is 5.32 Å². The van der Waals surface area contributed by atoms with E-state index < -0.39 is 0 Å². The van der Waals surface area contributed by atoms with Crippen molar-refractivity contribution < 1.29 is 0 Å². The largest absolute Gasteiger partial charge is 0.306 e. The number of aryl methyl sites for hydroxylation is 1. The van der Waals surface area contributed by atoms with Gasteiger partial charge in [-0.15, -0.1) is 0 Å². The van der Waals surface area contributed by atoms with E-state index >= 15 is 0 Å². The highest BCUT2D eigenvalue weighted by atomic mass is 14.9. The van der Waals surface area contributed by atoms with Crippen LogP contribution in [0, 0.1) is 18.8 Å². The van der Waals surface area contributed by atoms with Gasteiger partial charge in [0.05, 0.1) is 6.04 Å². The fourth-order valence-corrected chi connectivity index (χ4v) is 2.50. The van der Waals surface area contributed by atoms with E-state index in [1.54, 1.807) is 0 Å². The summed E-state index contributed by atoms with van der Waals surface area (Å²) in [5.74, 6) is 1.37. The van der Waals surface area contributed by atoms with Crippen LogP contribution in [0.15, 0.2) is 54.6 Å². The Morgan fingerprint density at radius 1 is 0.857 bits per heavy atom. The van der Waals surface area contributed by atoms with E-state index in [0.717, 1.165) is 6.54 Å². The number of nitrogens with one attached hydrogen (secondary N) is 1. The van der Waals surface area contributed by atoms with Crippen LogP contribution in [0.2, 0.25) is 0 Å². The minimum Gasteiger partial charge on any atom is -0.306 e.